The molecule has 0 aliphatic heterocycles. The van der Waals surface area contributed by atoms with Crippen molar-refractivity contribution >= 4 is 40.6 Å². The second kappa shape index (κ2) is 15.7. The molecule has 0 aliphatic rings. The number of carboxylic acid groups (broad SMARTS) is 1. The molecular weight excluding hydrogens is 187 g/mol. The Morgan fingerprint density at radius 2 is 1.62 bits per heavy atom. The SMILES string of the molecule is O=C(O)CCl.[Cl-].[Cl-].[Mg+2]. The van der Waals surface area contributed by atoms with Crippen LogP contribution >= 0.6 is 11.6 Å². The summed E-state index contributed by atoms with van der Waals surface area (Å²) in [5.41, 5.74) is 0. The van der Waals surface area contributed by atoms with E-state index in [0.717, 1.165) is 0 Å². The number of rotatable bonds is 1. The van der Waals surface area contributed by atoms with Gasteiger partial charge in [0.05, 0.1) is 0 Å². The smallest absolute Gasteiger partial charge is 1.00 e. The van der Waals surface area contributed by atoms with Crippen LogP contribution < -0.4 is 24.8 Å². The van der Waals surface area contributed by atoms with E-state index in [2.05, 4.69) is 0 Å². The molecular formula is C2H3Cl3MgO2. The average Bonchev–Trinajstić information content (AvgIpc) is 1.38. The molecule has 8 heavy (non-hydrogen) atoms. The van der Waals surface area contributed by atoms with Gasteiger partial charge in [0.1, 0.15) is 5.88 Å². The second-order valence-electron chi connectivity index (χ2n) is 0.527. The monoisotopic (exact) mass is 188 g/mol. The van der Waals surface area contributed by atoms with Crippen molar-refractivity contribution in [3.8, 4) is 0 Å². The molecule has 0 fully saturated rings. The van der Waals surface area contributed by atoms with Crippen molar-refractivity contribution in [3.05, 3.63) is 0 Å². The molecule has 0 aromatic carbocycles. The maximum atomic E-state index is 9.24. The Labute approximate surface area is 80.9 Å². The molecule has 2 nitrogen and oxygen atoms in total. The van der Waals surface area contributed by atoms with Crippen molar-refractivity contribution in [1.82, 2.24) is 0 Å². The number of aliphatic carboxylic acids is 1. The van der Waals surface area contributed by atoms with Gasteiger partial charge in [0.2, 0.25) is 0 Å². The number of halogens is 3. The predicted molar refractivity (Wildman–Crippen MR) is 24.1 cm³/mol. The summed E-state index contributed by atoms with van der Waals surface area (Å²) in [6.45, 7) is 0. The summed E-state index contributed by atoms with van der Waals surface area (Å²) < 4.78 is 0. The largest absolute Gasteiger partial charge is 2.00 e. The topological polar surface area (TPSA) is 37.3 Å². The van der Waals surface area contributed by atoms with Gasteiger partial charge in [-0.2, -0.15) is 0 Å². The Kier molecular flexibility index (Phi) is 45.0. The van der Waals surface area contributed by atoms with Gasteiger partial charge in [0.15, 0.2) is 0 Å². The summed E-state index contributed by atoms with van der Waals surface area (Å²) in [6, 6.07) is 0. The maximum absolute atomic E-state index is 9.24. The summed E-state index contributed by atoms with van der Waals surface area (Å²) >= 11 is 4.74. The predicted octanol–water partition coefficient (Wildman–Crippen LogP) is -6.06. The minimum absolute atomic E-state index is 0. The number of hydrogen-bond donors (Lipinski definition) is 1. The van der Waals surface area contributed by atoms with E-state index in [-0.39, 0.29) is 53.7 Å². The van der Waals surface area contributed by atoms with Gasteiger partial charge in [-0.1, -0.05) is 0 Å². The van der Waals surface area contributed by atoms with E-state index in [1.54, 1.807) is 0 Å². The molecule has 0 spiro atoms. The van der Waals surface area contributed by atoms with Gasteiger partial charge in [-0.3, -0.25) is 4.79 Å². The molecule has 6 heteroatoms. The normalized spacial score (nSPS) is 4.62. The van der Waals surface area contributed by atoms with Gasteiger partial charge in [0, 0.05) is 0 Å². The maximum Gasteiger partial charge on any atom is 2.00 e. The molecule has 0 aromatic heterocycles. The van der Waals surface area contributed by atoms with Gasteiger partial charge >= 0.3 is 29.0 Å². The van der Waals surface area contributed by atoms with Gasteiger partial charge in [0.25, 0.3) is 0 Å². The third-order valence-corrected chi connectivity index (χ3v) is 0.343. The fourth-order valence-corrected chi connectivity index (χ4v) is 0. The summed E-state index contributed by atoms with van der Waals surface area (Å²) in [7, 11) is 0. The van der Waals surface area contributed by atoms with Gasteiger partial charge in [-0.05, 0) is 0 Å². The Hall–Kier alpha value is 1.11. The van der Waals surface area contributed by atoms with Crippen LogP contribution in [0.5, 0.6) is 0 Å². The van der Waals surface area contributed by atoms with E-state index in [9.17, 15) is 4.79 Å². The quantitative estimate of drug-likeness (QED) is 0.330. The first-order valence-corrected chi connectivity index (χ1v) is 1.58. The standard InChI is InChI=1S/C2H3ClO2.2ClH.Mg/c3-1-2(4)5;;;/h1H2,(H,4,5);2*1H;/q;;;+2/p-2. The minimum atomic E-state index is -0.980. The number of alkyl halides is 1. The number of carbonyl (C=O) groups is 1. The fraction of sp³-hybridized carbons (Fsp3) is 0.500. The molecule has 0 saturated carbocycles. The number of carboxylic acids is 1. The summed E-state index contributed by atoms with van der Waals surface area (Å²) in [6.07, 6.45) is 0. The Bertz CT molecular complexity index is 50.5. The average molecular weight is 190 g/mol. The second-order valence-corrected chi connectivity index (χ2v) is 0.795. The van der Waals surface area contributed by atoms with E-state index in [1.165, 1.54) is 0 Å². The van der Waals surface area contributed by atoms with Gasteiger partial charge in [-0.25, -0.2) is 0 Å². The fourth-order valence-electron chi connectivity index (χ4n) is 0. The van der Waals surface area contributed by atoms with E-state index in [0.29, 0.717) is 0 Å². The van der Waals surface area contributed by atoms with Crippen molar-refractivity contribution in [1.29, 1.82) is 0 Å². The summed E-state index contributed by atoms with van der Waals surface area (Å²) in [4.78, 5) is 9.24. The van der Waals surface area contributed by atoms with Crippen LogP contribution in [0.15, 0.2) is 0 Å². The molecule has 46 valence electrons. The van der Waals surface area contributed by atoms with Crippen LogP contribution in [-0.4, -0.2) is 40.0 Å². The van der Waals surface area contributed by atoms with E-state index < -0.39 is 5.97 Å². The molecule has 0 rings (SSSR count). The first-order chi connectivity index (χ1) is 2.27. The molecule has 0 atom stereocenters. The molecule has 0 saturated heterocycles. The minimum Gasteiger partial charge on any atom is -1.00 e. The molecule has 0 aliphatic carbocycles. The molecule has 0 unspecified atom stereocenters. The van der Waals surface area contributed by atoms with Gasteiger partial charge < -0.3 is 29.9 Å². The zero-order valence-corrected chi connectivity index (χ0v) is 7.59. The van der Waals surface area contributed by atoms with E-state index >= 15 is 0 Å². The van der Waals surface area contributed by atoms with Crippen molar-refractivity contribution in [2.75, 3.05) is 5.88 Å². The van der Waals surface area contributed by atoms with Crippen LogP contribution in [0.1, 0.15) is 0 Å². The molecule has 1 N–H and O–H groups in total. The summed E-state index contributed by atoms with van der Waals surface area (Å²) in [5.74, 6) is -1.29. The Morgan fingerprint density at radius 1 is 1.50 bits per heavy atom. The van der Waals surface area contributed by atoms with E-state index in [4.69, 9.17) is 16.7 Å². The first-order valence-electron chi connectivity index (χ1n) is 1.05. The van der Waals surface area contributed by atoms with Crippen molar-refractivity contribution < 1.29 is 34.7 Å². The molecule has 0 aromatic rings. The molecule has 0 amide bonds. The van der Waals surface area contributed by atoms with E-state index in [1.807, 2.05) is 0 Å². The summed E-state index contributed by atoms with van der Waals surface area (Å²) in [5, 5.41) is 7.59. The van der Waals surface area contributed by atoms with Crippen LogP contribution in [0, 0.1) is 0 Å². The van der Waals surface area contributed by atoms with Crippen LogP contribution in [0.3, 0.4) is 0 Å². The van der Waals surface area contributed by atoms with Crippen molar-refractivity contribution in [3.63, 3.8) is 0 Å². The third kappa shape index (κ3) is 27.5. The van der Waals surface area contributed by atoms with Gasteiger partial charge in [-0.15, -0.1) is 11.6 Å². The molecule has 0 heterocycles. The van der Waals surface area contributed by atoms with Crippen LogP contribution in [0.25, 0.3) is 0 Å². The van der Waals surface area contributed by atoms with Crippen molar-refractivity contribution in [2.45, 2.75) is 0 Å². The molecule has 0 bridgehead atoms. The Balaban J connectivity index is -0.0000000267. The number of hydrogen-bond acceptors (Lipinski definition) is 1. The first kappa shape index (κ1) is 22.9. The Morgan fingerprint density at radius 3 is 1.62 bits per heavy atom. The third-order valence-electron chi connectivity index (χ3n) is 0.114. The zero-order chi connectivity index (χ0) is 4.28. The van der Waals surface area contributed by atoms with Crippen LogP contribution in [0.2, 0.25) is 0 Å². The van der Waals surface area contributed by atoms with Crippen molar-refractivity contribution in [2.24, 2.45) is 0 Å². The van der Waals surface area contributed by atoms with Crippen LogP contribution in [-0.2, 0) is 4.79 Å². The molecule has 0 radical (unpaired) electrons. The van der Waals surface area contributed by atoms with Crippen LogP contribution in [0.4, 0.5) is 0 Å². The zero-order valence-electron chi connectivity index (χ0n) is 3.90.